The highest BCUT2D eigenvalue weighted by Crippen LogP contribution is 2.00. The quantitative estimate of drug-likeness (QED) is 0.697. The first-order valence-electron chi connectivity index (χ1n) is 5.10. The first kappa shape index (κ1) is 11.0. The molecule has 0 aromatic carbocycles. The zero-order chi connectivity index (χ0) is 10.2. The van der Waals surface area contributed by atoms with E-state index in [1.165, 1.54) is 0 Å². The molecule has 0 saturated carbocycles. The van der Waals surface area contributed by atoms with E-state index < -0.39 is 0 Å². The summed E-state index contributed by atoms with van der Waals surface area (Å²) in [6.07, 6.45) is 7.83. The Bertz CT molecular complexity index is 286. The van der Waals surface area contributed by atoms with Crippen molar-refractivity contribution < 1.29 is 5.11 Å². The van der Waals surface area contributed by atoms with E-state index >= 15 is 0 Å². The summed E-state index contributed by atoms with van der Waals surface area (Å²) in [5.74, 6) is 0. The Morgan fingerprint density at radius 1 is 1.07 bits per heavy atom. The lowest BCUT2D eigenvalue weighted by atomic mass is 10.2. The molecule has 3 heteroatoms. The number of unbranched alkanes of at least 4 members (excludes halogenated alkanes) is 3. The maximum Gasteiger partial charge on any atom is 0.181 e. The first-order chi connectivity index (χ1) is 6.83. The van der Waals surface area contributed by atoms with Crippen molar-refractivity contribution in [2.45, 2.75) is 32.2 Å². The van der Waals surface area contributed by atoms with Crippen molar-refractivity contribution in [1.29, 1.82) is 0 Å². The third-order valence-electron chi connectivity index (χ3n) is 2.18. The lowest BCUT2D eigenvalue weighted by molar-refractivity contribution is 0.282. The normalized spacial score (nSPS) is 10.4. The fourth-order valence-corrected chi connectivity index (χ4v) is 1.35. The zero-order valence-corrected chi connectivity index (χ0v) is 8.35. The summed E-state index contributed by atoms with van der Waals surface area (Å²) in [7, 11) is 0. The standard InChI is InChI=1S/C11H17NO2/c13-10-4-2-1-3-7-12-8-5-11(14)6-9-12/h5-6,8-9,13H,1-4,7,10H2. The van der Waals surface area contributed by atoms with Gasteiger partial charge in [-0.3, -0.25) is 4.79 Å². The summed E-state index contributed by atoms with van der Waals surface area (Å²) in [5.41, 5.74) is 0.0570. The highest BCUT2D eigenvalue weighted by molar-refractivity contribution is 4.93. The summed E-state index contributed by atoms with van der Waals surface area (Å²) in [6, 6.07) is 3.15. The number of hydrogen-bond acceptors (Lipinski definition) is 2. The predicted molar refractivity (Wildman–Crippen MR) is 56.3 cm³/mol. The van der Waals surface area contributed by atoms with Gasteiger partial charge in [0, 0.05) is 37.7 Å². The molecule has 0 unspecified atom stereocenters. The number of aromatic nitrogens is 1. The number of aryl methyl sites for hydroxylation is 1. The van der Waals surface area contributed by atoms with E-state index in [0.29, 0.717) is 0 Å². The molecule has 3 nitrogen and oxygen atoms in total. The van der Waals surface area contributed by atoms with Gasteiger partial charge in [0.1, 0.15) is 0 Å². The highest BCUT2D eigenvalue weighted by atomic mass is 16.2. The number of rotatable bonds is 6. The summed E-state index contributed by atoms with van der Waals surface area (Å²) in [4.78, 5) is 10.8. The fourth-order valence-electron chi connectivity index (χ4n) is 1.35. The third-order valence-corrected chi connectivity index (χ3v) is 2.18. The second kappa shape index (κ2) is 6.38. The minimum atomic E-state index is 0.0570. The van der Waals surface area contributed by atoms with E-state index in [-0.39, 0.29) is 12.0 Å². The Morgan fingerprint density at radius 2 is 1.71 bits per heavy atom. The molecule has 0 spiro atoms. The fraction of sp³-hybridized carbons (Fsp3) is 0.545. The second-order valence-electron chi connectivity index (χ2n) is 3.41. The summed E-state index contributed by atoms with van der Waals surface area (Å²) < 4.78 is 2.01. The minimum absolute atomic E-state index is 0.0570. The number of nitrogens with zero attached hydrogens (tertiary/aromatic N) is 1. The predicted octanol–water partition coefficient (Wildman–Crippen LogP) is 1.40. The maximum atomic E-state index is 10.8. The zero-order valence-electron chi connectivity index (χ0n) is 8.35. The van der Waals surface area contributed by atoms with Crippen molar-refractivity contribution in [3.8, 4) is 0 Å². The number of pyridine rings is 1. The van der Waals surface area contributed by atoms with Crippen molar-refractivity contribution >= 4 is 0 Å². The van der Waals surface area contributed by atoms with E-state index in [1.807, 2.05) is 17.0 Å². The molecular weight excluding hydrogens is 178 g/mol. The van der Waals surface area contributed by atoms with Crippen LogP contribution in [0.1, 0.15) is 25.7 Å². The van der Waals surface area contributed by atoms with Gasteiger partial charge in [0.25, 0.3) is 0 Å². The van der Waals surface area contributed by atoms with E-state index in [1.54, 1.807) is 12.1 Å². The van der Waals surface area contributed by atoms with Gasteiger partial charge in [0.05, 0.1) is 0 Å². The lowest BCUT2D eigenvalue weighted by Gasteiger charge is -2.04. The molecule has 0 radical (unpaired) electrons. The van der Waals surface area contributed by atoms with E-state index in [2.05, 4.69) is 0 Å². The summed E-state index contributed by atoms with van der Waals surface area (Å²) in [6.45, 7) is 1.24. The van der Waals surface area contributed by atoms with Gasteiger partial charge in [-0.1, -0.05) is 12.8 Å². The Balaban J connectivity index is 2.18. The molecule has 0 amide bonds. The molecular formula is C11H17NO2. The Kier molecular flexibility index (Phi) is 5.00. The van der Waals surface area contributed by atoms with Gasteiger partial charge in [-0.2, -0.15) is 0 Å². The molecule has 0 aliphatic rings. The van der Waals surface area contributed by atoms with Gasteiger partial charge in [0.15, 0.2) is 5.43 Å². The van der Waals surface area contributed by atoms with Gasteiger partial charge in [-0.15, -0.1) is 0 Å². The molecule has 0 atom stereocenters. The van der Waals surface area contributed by atoms with Gasteiger partial charge < -0.3 is 9.67 Å². The van der Waals surface area contributed by atoms with E-state index in [9.17, 15) is 4.79 Å². The van der Waals surface area contributed by atoms with E-state index in [4.69, 9.17) is 5.11 Å². The van der Waals surface area contributed by atoms with Crippen molar-refractivity contribution in [3.05, 3.63) is 34.7 Å². The van der Waals surface area contributed by atoms with Gasteiger partial charge in [-0.05, 0) is 12.8 Å². The molecule has 0 aliphatic heterocycles. The molecule has 1 heterocycles. The Hall–Kier alpha value is -1.09. The van der Waals surface area contributed by atoms with Crippen LogP contribution in [-0.2, 0) is 6.54 Å². The second-order valence-corrected chi connectivity index (χ2v) is 3.41. The van der Waals surface area contributed by atoms with Crippen LogP contribution in [0.15, 0.2) is 29.3 Å². The average Bonchev–Trinajstić information content (AvgIpc) is 2.21. The van der Waals surface area contributed by atoms with Crippen LogP contribution in [-0.4, -0.2) is 16.3 Å². The number of aliphatic hydroxyl groups is 1. The van der Waals surface area contributed by atoms with Crippen LogP contribution in [0, 0.1) is 0 Å². The molecule has 0 bridgehead atoms. The molecule has 0 aliphatic carbocycles. The molecule has 0 saturated heterocycles. The highest BCUT2D eigenvalue weighted by Gasteiger charge is 1.91. The Labute approximate surface area is 84.0 Å². The first-order valence-corrected chi connectivity index (χ1v) is 5.10. The van der Waals surface area contributed by atoms with Crippen LogP contribution in [0.3, 0.4) is 0 Å². The van der Waals surface area contributed by atoms with Crippen molar-refractivity contribution in [2.24, 2.45) is 0 Å². The van der Waals surface area contributed by atoms with Crippen LogP contribution in [0.5, 0.6) is 0 Å². The number of hydrogen-bond donors (Lipinski definition) is 1. The molecule has 1 rings (SSSR count). The van der Waals surface area contributed by atoms with Gasteiger partial charge in [0.2, 0.25) is 0 Å². The summed E-state index contributed by atoms with van der Waals surface area (Å²) in [5, 5.41) is 8.57. The van der Waals surface area contributed by atoms with Gasteiger partial charge >= 0.3 is 0 Å². The minimum Gasteiger partial charge on any atom is -0.396 e. The molecule has 1 aromatic heterocycles. The molecule has 0 fully saturated rings. The van der Waals surface area contributed by atoms with Crippen LogP contribution in [0.4, 0.5) is 0 Å². The van der Waals surface area contributed by atoms with E-state index in [0.717, 1.165) is 32.2 Å². The molecule has 14 heavy (non-hydrogen) atoms. The Morgan fingerprint density at radius 3 is 2.36 bits per heavy atom. The molecule has 1 N–H and O–H groups in total. The SMILES string of the molecule is O=c1ccn(CCCCCCO)cc1. The smallest absolute Gasteiger partial charge is 0.181 e. The molecule has 1 aromatic rings. The topological polar surface area (TPSA) is 42.2 Å². The van der Waals surface area contributed by atoms with Crippen molar-refractivity contribution in [2.75, 3.05) is 6.61 Å². The largest absolute Gasteiger partial charge is 0.396 e. The van der Waals surface area contributed by atoms with Gasteiger partial charge in [-0.25, -0.2) is 0 Å². The van der Waals surface area contributed by atoms with Crippen LogP contribution in [0.25, 0.3) is 0 Å². The van der Waals surface area contributed by atoms with Crippen LogP contribution >= 0.6 is 0 Å². The maximum absolute atomic E-state index is 10.8. The number of aliphatic hydroxyl groups excluding tert-OH is 1. The van der Waals surface area contributed by atoms with Crippen molar-refractivity contribution in [1.82, 2.24) is 4.57 Å². The third kappa shape index (κ3) is 4.23. The lowest BCUT2D eigenvalue weighted by Crippen LogP contribution is -2.03. The van der Waals surface area contributed by atoms with Crippen LogP contribution in [0.2, 0.25) is 0 Å². The van der Waals surface area contributed by atoms with Crippen molar-refractivity contribution in [3.63, 3.8) is 0 Å². The molecule has 78 valence electrons. The average molecular weight is 195 g/mol. The summed E-state index contributed by atoms with van der Waals surface area (Å²) >= 11 is 0. The van der Waals surface area contributed by atoms with Crippen LogP contribution < -0.4 is 5.43 Å². The monoisotopic (exact) mass is 195 g/mol.